The van der Waals surface area contributed by atoms with Crippen molar-refractivity contribution < 1.29 is 9.50 Å². The predicted octanol–water partition coefficient (Wildman–Crippen LogP) is 2.53. The van der Waals surface area contributed by atoms with Crippen LogP contribution in [-0.2, 0) is 6.61 Å². The minimum absolute atomic E-state index is 0.0954. The van der Waals surface area contributed by atoms with Gasteiger partial charge in [-0.1, -0.05) is 12.1 Å². The average molecular weight is 268 g/mol. The van der Waals surface area contributed by atoms with Gasteiger partial charge in [-0.25, -0.2) is 14.4 Å². The van der Waals surface area contributed by atoms with E-state index in [-0.39, 0.29) is 17.5 Å². The van der Waals surface area contributed by atoms with Crippen LogP contribution >= 0.6 is 11.6 Å². The second kappa shape index (κ2) is 5.29. The molecule has 2 aromatic rings. The van der Waals surface area contributed by atoms with Gasteiger partial charge in [-0.3, -0.25) is 0 Å². The molecule has 94 valence electrons. The lowest BCUT2D eigenvalue weighted by Gasteiger charge is -2.19. The minimum atomic E-state index is -0.475. The number of halogens is 2. The zero-order valence-electron chi connectivity index (χ0n) is 9.64. The highest BCUT2D eigenvalue weighted by atomic mass is 35.5. The van der Waals surface area contributed by atoms with E-state index >= 15 is 0 Å². The Bertz CT molecular complexity index is 565. The first-order valence-electron chi connectivity index (χ1n) is 5.24. The van der Waals surface area contributed by atoms with Gasteiger partial charge in [0.15, 0.2) is 5.82 Å². The molecule has 6 heteroatoms. The SMILES string of the molecule is CN(c1ccnc(Cl)n1)c1cccc(CO)c1F. The predicted molar refractivity (Wildman–Crippen MR) is 67.4 cm³/mol. The molecule has 0 saturated carbocycles. The molecular weight excluding hydrogens is 257 g/mol. The summed E-state index contributed by atoms with van der Waals surface area (Å²) in [6.45, 7) is -0.349. The van der Waals surface area contributed by atoms with E-state index in [1.807, 2.05) is 0 Å². The molecule has 0 aliphatic heterocycles. The van der Waals surface area contributed by atoms with Gasteiger partial charge < -0.3 is 10.0 Å². The fraction of sp³-hybridized carbons (Fsp3) is 0.167. The summed E-state index contributed by atoms with van der Waals surface area (Å²) in [7, 11) is 1.66. The lowest BCUT2D eigenvalue weighted by molar-refractivity contribution is 0.276. The first kappa shape index (κ1) is 12.7. The van der Waals surface area contributed by atoms with E-state index in [1.54, 1.807) is 30.1 Å². The zero-order valence-corrected chi connectivity index (χ0v) is 10.4. The molecule has 0 aliphatic carbocycles. The van der Waals surface area contributed by atoms with Crippen LogP contribution in [0.1, 0.15) is 5.56 Å². The molecule has 1 N–H and O–H groups in total. The molecule has 1 aromatic heterocycles. The molecule has 0 amide bonds. The zero-order chi connectivity index (χ0) is 13.1. The van der Waals surface area contributed by atoms with E-state index < -0.39 is 5.82 Å². The fourth-order valence-electron chi connectivity index (χ4n) is 1.58. The van der Waals surface area contributed by atoms with Gasteiger partial charge in [0.1, 0.15) is 5.82 Å². The smallest absolute Gasteiger partial charge is 0.224 e. The summed E-state index contributed by atoms with van der Waals surface area (Å²) >= 11 is 5.69. The molecular formula is C12H11ClFN3O. The molecule has 0 aliphatic rings. The van der Waals surface area contributed by atoms with Gasteiger partial charge in [0.25, 0.3) is 0 Å². The molecule has 1 aromatic carbocycles. The third kappa shape index (κ3) is 2.42. The van der Waals surface area contributed by atoms with Crippen molar-refractivity contribution in [3.63, 3.8) is 0 Å². The molecule has 0 spiro atoms. The molecule has 0 fully saturated rings. The highest BCUT2D eigenvalue weighted by Gasteiger charge is 2.13. The van der Waals surface area contributed by atoms with Crippen LogP contribution in [0.3, 0.4) is 0 Å². The van der Waals surface area contributed by atoms with Crippen molar-refractivity contribution in [1.82, 2.24) is 9.97 Å². The summed E-state index contributed by atoms with van der Waals surface area (Å²) in [4.78, 5) is 9.31. The summed E-state index contributed by atoms with van der Waals surface area (Å²) in [6, 6.07) is 6.42. The van der Waals surface area contributed by atoms with Crippen LogP contribution in [-0.4, -0.2) is 22.1 Å². The van der Waals surface area contributed by atoms with Gasteiger partial charge >= 0.3 is 0 Å². The highest BCUT2D eigenvalue weighted by Crippen LogP contribution is 2.26. The molecule has 0 atom stereocenters. The van der Waals surface area contributed by atoms with Gasteiger partial charge in [-0.2, -0.15) is 0 Å². The maximum absolute atomic E-state index is 14.0. The summed E-state index contributed by atoms with van der Waals surface area (Å²) in [6.07, 6.45) is 1.50. The molecule has 1 heterocycles. The van der Waals surface area contributed by atoms with Crippen LogP contribution in [0.15, 0.2) is 30.5 Å². The lowest BCUT2D eigenvalue weighted by atomic mass is 10.2. The number of hydrogen-bond donors (Lipinski definition) is 1. The number of benzene rings is 1. The van der Waals surface area contributed by atoms with Crippen molar-refractivity contribution in [2.24, 2.45) is 0 Å². The molecule has 0 bridgehead atoms. The van der Waals surface area contributed by atoms with Gasteiger partial charge in [0.05, 0.1) is 12.3 Å². The maximum Gasteiger partial charge on any atom is 0.224 e. The average Bonchev–Trinajstić information content (AvgIpc) is 2.38. The van der Waals surface area contributed by atoms with Crippen LogP contribution in [0.25, 0.3) is 0 Å². The molecule has 2 rings (SSSR count). The normalized spacial score (nSPS) is 10.4. The Balaban J connectivity index is 2.43. The summed E-state index contributed by atoms with van der Waals surface area (Å²) < 4.78 is 14.0. The lowest BCUT2D eigenvalue weighted by Crippen LogP contribution is -2.14. The number of aliphatic hydroxyl groups excluding tert-OH is 1. The second-order valence-electron chi connectivity index (χ2n) is 3.65. The molecule has 0 unspecified atom stereocenters. The van der Waals surface area contributed by atoms with Crippen molar-refractivity contribution in [1.29, 1.82) is 0 Å². The Morgan fingerprint density at radius 3 is 2.83 bits per heavy atom. The van der Waals surface area contributed by atoms with Crippen molar-refractivity contribution in [2.75, 3.05) is 11.9 Å². The standard InChI is InChI=1S/C12H11ClFN3O/c1-17(10-5-6-15-12(13)16-10)9-4-2-3-8(7-18)11(9)14/h2-6,18H,7H2,1H3. The van der Waals surface area contributed by atoms with E-state index in [0.29, 0.717) is 11.5 Å². The van der Waals surface area contributed by atoms with Gasteiger partial charge in [-0.15, -0.1) is 0 Å². The summed E-state index contributed by atoms with van der Waals surface area (Å²) in [5, 5.41) is 9.13. The van der Waals surface area contributed by atoms with E-state index in [0.717, 1.165) is 0 Å². The largest absolute Gasteiger partial charge is 0.392 e. The monoisotopic (exact) mass is 267 g/mol. The third-order valence-corrected chi connectivity index (χ3v) is 2.73. The Morgan fingerprint density at radius 2 is 2.17 bits per heavy atom. The summed E-state index contributed by atoms with van der Waals surface area (Å²) in [5.74, 6) is 0.00113. The molecule has 0 radical (unpaired) electrons. The first-order valence-corrected chi connectivity index (χ1v) is 5.62. The van der Waals surface area contributed by atoms with E-state index in [2.05, 4.69) is 9.97 Å². The molecule has 0 saturated heterocycles. The number of anilines is 2. The number of rotatable bonds is 3. The van der Waals surface area contributed by atoms with Gasteiger partial charge in [-0.05, 0) is 23.7 Å². The third-order valence-electron chi connectivity index (χ3n) is 2.55. The van der Waals surface area contributed by atoms with Crippen molar-refractivity contribution >= 4 is 23.1 Å². The van der Waals surface area contributed by atoms with Gasteiger partial charge in [0.2, 0.25) is 5.28 Å². The topological polar surface area (TPSA) is 49.2 Å². The van der Waals surface area contributed by atoms with Crippen LogP contribution in [0.4, 0.5) is 15.9 Å². The second-order valence-corrected chi connectivity index (χ2v) is 3.99. The Labute approximate surface area is 109 Å². The Morgan fingerprint density at radius 1 is 1.39 bits per heavy atom. The van der Waals surface area contributed by atoms with Crippen molar-refractivity contribution in [3.8, 4) is 0 Å². The van der Waals surface area contributed by atoms with Crippen LogP contribution in [0, 0.1) is 5.82 Å². The number of aromatic nitrogens is 2. The molecule has 18 heavy (non-hydrogen) atoms. The Kier molecular flexibility index (Phi) is 3.74. The highest BCUT2D eigenvalue weighted by molar-refractivity contribution is 6.28. The van der Waals surface area contributed by atoms with Crippen LogP contribution in [0.5, 0.6) is 0 Å². The minimum Gasteiger partial charge on any atom is -0.392 e. The quantitative estimate of drug-likeness (QED) is 0.868. The fourth-order valence-corrected chi connectivity index (χ4v) is 1.73. The van der Waals surface area contributed by atoms with Crippen LogP contribution in [0.2, 0.25) is 5.28 Å². The van der Waals surface area contributed by atoms with Crippen LogP contribution < -0.4 is 4.90 Å². The number of aliphatic hydroxyl groups is 1. The van der Waals surface area contributed by atoms with E-state index in [1.165, 1.54) is 12.3 Å². The number of hydrogen-bond acceptors (Lipinski definition) is 4. The first-order chi connectivity index (χ1) is 8.63. The van der Waals surface area contributed by atoms with Gasteiger partial charge in [0, 0.05) is 18.8 Å². The van der Waals surface area contributed by atoms with Crippen molar-refractivity contribution in [3.05, 3.63) is 47.1 Å². The molecule has 4 nitrogen and oxygen atoms in total. The maximum atomic E-state index is 14.0. The Hall–Kier alpha value is -1.72. The number of nitrogens with zero attached hydrogens (tertiary/aromatic N) is 3. The van der Waals surface area contributed by atoms with E-state index in [9.17, 15) is 4.39 Å². The van der Waals surface area contributed by atoms with Crippen molar-refractivity contribution in [2.45, 2.75) is 6.61 Å². The summed E-state index contributed by atoms with van der Waals surface area (Å²) in [5.41, 5.74) is 0.552. The van der Waals surface area contributed by atoms with E-state index in [4.69, 9.17) is 16.7 Å².